The van der Waals surface area contributed by atoms with E-state index in [9.17, 15) is 27.2 Å². The van der Waals surface area contributed by atoms with E-state index in [1.165, 1.54) is 11.1 Å². The minimum atomic E-state index is -1.80. The predicted octanol–water partition coefficient (Wildman–Crippen LogP) is 7.21. The fraction of sp³-hybridized carbons (Fsp3) is 0.590. The van der Waals surface area contributed by atoms with E-state index in [1.54, 1.807) is 0 Å². The zero-order chi connectivity index (χ0) is 60.2. The molecule has 0 aromatic heterocycles. The Hall–Kier alpha value is -5.41. The van der Waals surface area contributed by atoms with Gasteiger partial charge in [-0.15, -0.1) is 0 Å². The lowest BCUT2D eigenvalue weighted by Crippen LogP contribution is -2.48. The van der Waals surface area contributed by atoms with Gasteiger partial charge in [0.1, 0.15) is 5.84 Å². The molecule has 0 radical (unpaired) electrons. The summed E-state index contributed by atoms with van der Waals surface area (Å²) in [5.41, 5.74) is 13.2. The quantitative estimate of drug-likeness (QED) is 0.0197. The van der Waals surface area contributed by atoms with Gasteiger partial charge in [0.05, 0.1) is 144 Å². The maximum atomic E-state index is 13.7. The van der Waals surface area contributed by atoms with Gasteiger partial charge in [0, 0.05) is 88.2 Å². The number of halogens is 4. The first-order valence-corrected chi connectivity index (χ1v) is 29.1. The molecule has 468 valence electrons. The van der Waals surface area contributed by atoms with Crippen molar-refractivity contribution in [3.8, 4) is 5.75 Å². The molecule has 19 nitrogen and oxygen atoms in total. The Bertz CT molecular complexity index is 2440. The average molecular weight is 1190 g/mol. The molecule has 0 atom stereocenters. The summed E-state index contributed by atoms with van der Waals surface area (Å²) in [6.45, 7) is 23.7. The highest BCUT2D eigenvalue weighted by Gasteiger charge is 2.25. The van der Waals surface area contributed by atoms with Gasteiger partial charge in [-0.1, -0.05) is 50.8 Å². The van der Waals surface area contributed by atoms with E-state index in [-0.39, 0.29) is 31.8 Å². The molecule has 0 spiro atoms. The summed E-state index contributed by atoms with van der Waals surface area (Å²) in [6.07, 6.45) is 4.33. The molecule has 1 amide bonds. The molecule has 3 aromatic carbocycles. The number of fused-ring (bicyclic) bond motifs is 1. The molecule has 0 aliphatic carbocycles. The Morgan fingerprint density at radius 1 is 0.595 bits per heavy atom. The monoisotopic (exact) mass is 1190 g/mol. The number of nitrogens with two attached hydrogens (primary N) is 1. The number of aliphatic imine (C=N–C) groups is 1. The summed E-state index contributed by atoms with van der Waals surface area (Å²) in [7, 11) is 2.09. The Morgan fingerprint density at radius 2 is 1.05 bits per heavy atom. The van der Waals surface area contributed by atoms with Crippen LogP contribution in [0.4, 0.5) is 23.2 Å². The van der Waals surface area contributed by atoms with Crippen molar-refractivity contribution in [3.63, 3.8) is 0 Å². The van der Waals surface area contributed by atoms with E-state index in [1.807, 2.05) is 23.1 Å². The van der Waals surface area contributed by atoms with E-state index in [0.29, 0.717) is 143 Å². The van der Waals surface area contributed by atoms with Crippen molar-refractivity contribution in [2.45, 2.75) is 52.6 Å². The van der Waals surface area contributed by atoms with Crippen LogP contribution in [0.25, 0.3) is 6.08 Å². The minimum absolute atomic E-state index is 0.0186. The largest absolute Gasteiger partial charge is 0.420 e. The summed E-state index contributed by atoms with van der Waals surface area (Å²) in [5.74, 6) is -8.96. The number of ether oxygens (including phenoxy) is 11. The molecular formula is C61H88F4N6O13. The van der Waals surface area contributed by atoms with E-state index >= 15 is 0 Å². The fourth-order valence-electron chi connectivity index (χ4n) is 8.79. The van der Waals surface area contributed by atoms with Crippen molar-refractivity contribution in [1.82, 2.24) is 19.6 Å². The Labute approximate surface area is 492 Å². The van der Waals surface area contributed by atoms with Crippen LogP contribution in [0.3, 0.4) is 0 Å². The molecule has 1 fully saturated rings. The molecule has 23 heteroatoms. The molecule has 2 N–H and O–H groups in total. The number of esters is 1. The topological polar surface area (TPSA) is 187 Å². The van der Waals surface area contributed by atoms with Crippen molar-refractivity contribution >= 4 is 29.5 Å². The summed E-state index contributed by atoms with van der Waals surface area (Å²) < 4.78 is 113. The highest BCUT2D eigenvalue weighted by atomic mass is 19.2. The van der Waals surface area contributed by atoms with Gasteiger partial charge in [-0.05, 0) is 54.8 Å². The zero-order valence-electron chi connectivity index (χ0n) is 49.4. The average Bonchev–Trinajstić information content (AvgIpc) is 3.91. The van der Waals surface area contributed by atoms with Gasteiger partial charge in [0.25, 0.3) is 5.91 Å². The van der Waals surface area contributed by atoms with Gasteiger partial charge in [-0.25, -0.2) is 13.8 Å². The number of amides is 1. The van der Waals surface area contributed by atoms with Gasteiger partial charge in [-0.2, -0.15) is 8.78 Å². The van der Waals surface area contributed by atoms with Gasteiger partial charge in [-0.3, -0.25) is 19.4 Å². The van der Waals surface area contributed by atoms with Crippen LogP contribution < -0.4 is 10.5 Å². The lowest BCUT2D eigenvalue weighted by molar-refractivity contribution is -0.136. The molecule has 84 heavy (non-hydrogen) atoms. The molecule has 3 aromatic rings. The number of likely N-dealkylation sites (N-methyl/N-ethyl adjacent to an activating group) is 1. The SMILES string of the molecule is C=C(C1=Cc2ccc(C(=O)N3CCN(Cc4ccc(CN(C)CCOCCOCCOCCOCCOCCOCCOCCOCCOCCOCCC(=O)Oc5c(F)c(F)cc(F)c5F)cc4)CC3)cc2N=C(N)C1)N(CCC)CCC. The predicted molar refractivity (Wildman–Crippen MR) is 310 cm³/mol. The molecule has 1 saturated heterocycles. The number of carbonyl (C=O) groups is 2. The van der Waals surface area contributed by atoms with Crippen LogP contribution in [-0.4, -0.2) is 222 Å². The Morgan fingerprint density at radius 3 is 1.52 bits per heavy atom. The smallest absolute Gasteiger partial charge is 0.313 e. The van der Waals surface area contributed by atoms with Crippen molar-refractivity contribution in [2.24, 2.45) is 10.7 Å². The van der Waals surface area contributed by atoms with Crippen LogP contribution in [0.15, 0.2) is 71.4 Å². The van der Waals surface area contributed by atoms with Crippen LogP contribution >= 0.6 is 0 Å². The van der Waals surface area contributed by atoms with Crippen LogP contribution in [-0.2, 0) is 65.3 Å². The Balaban J connectivity index is 0.745. The number of hydrogen-bond donors (Lipinski definition) is 1. The number of hydrogen-bond acceptors (Lipinski definition) is 18. The maximum Gasteiger partial charge on any atom is 0.313 e. The lowest BCUT2D eigenvalue weighted by Gasteiger charge is -2.35. The third-order valence-electron chi connectivity index (χ3n) is 13.2. The summed E-state index contributed by atoms with van der Waals surface area (Å²) in [5, 5.41) is 0. The Kier molecular flexibility index (Phi) is 33.7. The first-order chi connectivity index (χ1) is 40.9. The van der Waals surface area contributed by atoms with Crippen LogP contribution in [0.1, 0.15) is 66.6 Å². The van der Waals surface area contributed by atoms with E-state index in [4.69, 9.17) is 58.1 Å². The fourth-order valence-corrected chi connectivity index (χ4v) is 8.79. The molecule has 0 saturated carbocycles. The van der Waals surface area contributed by atoms with Crippen molar-refractivity contribution < 1.29 is 79.3 Å². The molecular weight excluding hydrogens is 1100 g/mol. The van der Waals surface area contributed by atoms with Crippen molar-refractivity contribution in [3.05, 3.63) is 112 Å². The normalized spacial score (nSPS) is 13.7. The lowest BCUT2D eigenvalue weighted by atomic mass is 10.0. The number of amidine groups is 1. The third kappa shape index (κ3) is 26.5. The van der Waals surface area contributed by atoms with Crippen molar-refractivity contribution in [1.29, 1.82) is 0 Å². The summed E-state index contributed by atoms with van der Waals surface area (Å²) in [6, 6.07) is 14.6. The molecule has 0 unspecified atom stereocenters. The first kappa shape index (κ1) is 69.4. The van der Waals surface area contributed by atoms with E-state index in [2.05, 4.69) is 77.3 Å². The number of carbonyl (C=O) groups excluding carboxylic acids is 2. The highest BCUT2D eigenvalue weighted by molar-refractivity contribution is 5.97. The van der Waals surface area contributed by atoms with Gasteiger partial charge < -0.3 is 67.6 Å². The first-order valence-electron chi connectivity index (χ1n) is 29.1. The van der Waals surface area contributed by atoms with E-state index in [0.717, 1.165) is 81.2 Å². The second-order valence-corrected chi connectivity index (χ2v) is 19.9. The number of piperazine rings is 1. The van der Waals surface area contributed by atoms with Crippen molar-refractivity contribution in [2.75, 3.05) is 185 Å². The summed E-state index contributed by atoms with van der Waals surface area (Å²) >= 11 is 0. The zero-order valence-corrected chi connectivity index (χ0v) is 49.4. The number of allylic oxidation sites excluding steroid dienone is 1. The molecule has 2 heterocycles. The van der Waals surface area contributed by atoms with Gasteiger partial charge in [0.2, 0.25) is 17.4 Å². The number of benzene rings is 3. The van der Waals surface area contributed by atoms with Crippen LogP contribution in [0.5, 0.6) is 5.75 Å². The highest BCUT2D eigenvalue weighted by Crippen LogP contribution is 2.32. The van der Waals surface area contributed by atoms with Gasteiger partial charge in [0.15, 0.2) is 11.6 Å². The number of rotatable bonds is 45. The molecule has 2 aliphatic heterocycles. The minimum Gasteiger partial charge on any atom is -0.420 e. The maximum absolute atomic E-state index is 13.7. The van der Waals surface area contributed by atoms with Crippen LogP contribution in [0.2, 0.25) is 0 Å². The summed E-state index contributed by atoms with van der Waals surface area (Å²) in [4.78, 5) is 39.0. The van der Waals surface area contributed by atoms with Gasteiger partial charge >= 0.3 is 5.97 Å². The van der Waals surface area contributed by atoms with Crippen LogP contribution in [0, 0.1) is 23.3 Å². The van der Waals surface area contributed by atoms with E-state index < -0.39 is 41.4 Å². The number of nitrogens with zero attached hydrogens (tertiary/aromatic N) is 5. The second-order valence-electron chi connectivity index (χ2n) is 19.9. The molecule has 0 bridgehead atoms. The third-order valence-corrected chi connectivity index (χ3v) is 13.2. The second kappa shape index (κ2) is 40.8. The standard InChI is InChI=1S/C61H88F4N6O13/c1-5-14-70(15-6-2)47(3)52-41-50-11-12-51(42-55(50)67-56(66)43-52)61(73)71-18-16-69(17-19-71)46-49-9-7-48(8-10-49)45-68(4)20-22-75-24-26-77-28-30-79-32-34-81-36-38-83-40-39-82-37-35-80-33-31-78-29-27-76-25-23-74-21-13-57(72)84-60-58(64)53(62)44-54(63)59(60)65/h7-12,41-42,44H,3,5-6,13-40,43,45-46H2,1-2,4H3,(H2,66,67). The molecule has 2 aliphatic rings. The molecule has 5 rings (SSSR count).